The van der Waals surface area contributed by atoms with Crippen molar-refractivity contribution in [1.82, 2.24) is 24.3 Å². The van der Waals surface area contributed by atoms with E-state index in [1.165, 1.54) is 23.9 Å². The van der Waals surface area contributed by atoms with Gasteiger partial charge in [-0.25, -0.2) is 9.78 Å². The van der Waals surface area contributed by atoms with Crippen molar-refractivity contribution in [3.63, 3.8) is 0 Å². The van der Waals surface area contributed by atoms with Crippen LogP contribution in [0, 0.1) is 0 Å². The minimum atomic E-state index is -0.564. The highest BCUT2D eigenvalue weighted by Gasteiger charge is 2.22. The number of Topliss-reactive ketones (excluding diaryl/α,β-unsaturated/α-hetero) is 1. The third kappa shape index (κ3) is 6.61. The lowest BCUT2D eigenvalue weighted by Gasteiger charge is -2.34. The van der Waals surface area contributed by atoms with Gasteiger partial charge in [0.2, 0.25) is 11.8 Å². The number of aromatic amines is 1. The van der Waals surface area contributed by atoms with Gasteiger partial charge in [0.15, 0.2) is 11.4 Å². The predicted octanol–water partition coefficient (Wildman–Crippen LogP) is 2.37. The minimum absolute atomic E-state index is 0.0626. The molecule has 0 bridgehead atoms. The monoisotopic (exact) mass is 578 g/mol. The van der Waals surface area contributed by atoms with E-state index >= 15 is 0 Å². The predicted molar refractivity (Wildman–Crippen MR) is 152 cm³/mol. The van der Waals surface area contributed by atoms with E-state index < -0.39 is 11.3 Å². The van der Waals surface area contributed by atoms with Crippen molar-refractivity contribution in [2.24, 2.45) is 0 Å². The van der Waals surface area contributed by atoms with Crippen LogP contribution in [0.5, 0.6) is 0 Å². The molecule has 0 spiro atoms. The van der Waals surface area contributed by atoms with Crippen LogP contribution in [0.25, 0.3) is 22.4 Å². The molecule has 2 amide bonds. The highest BCUT2D eigenvalue weighted by atomic mass is 35.5. The van der Waals surface area contributed by atoms with Gasteiger partial charge in [-0.1, -0.05) is 11.6 Å². The summed E-state index contributed by atoms with van der Waals surface area (Å²) in [6, 6.07) is 11.1. The number of ketones is 1. The maximum absolute atomic E-state index is 12.9. The number of oxazole rings is 1. The molecule has 0 saturated carbocycles. The molecule has 1 saturated heterocycles. The van der Waals surface area contributed by atoms with E-state index in [0.29, 0.717) is 77.8 Å². The van der Waals surface area contributed by atoms with Gasteiger partial charge >= 0.3 is 5.76 Å². The normalized spacial score (nSPS) is 13.9. The number of benzene rings is 2. The molecule has 0 unspecified atom stereocenters. The smallest absolute Gasteiger partial charge is 0.408 e. The second-order valence-electron chi connectivity index (χ2n) is 9.73. The first kappa shape index (κ1) is 28.0. The van der Waals surface area contributed by atoms with E-state index in [9.17, 15) is 24.0 Å². The van der Waals surface area contributed by atoms with Crippen LogP contribution in [-0.4, -0.2) is 74.7 Å². The second kappa shape index (κ2) is 11.9. The van der Waals surface area contributed by atoms with Gasteiger partial charge in [-0.05, 0) is 36.4 Å². The molecule has 1 fully saturated rings. The fourth-order valence-electron chi connectivity index (χ4n) is 4.71. The fourth-order valence-corrected chi connectivity index (χ4v) is 4.89. The molecule has 12 nitrogen and oxygen atoms in total. The van der Waals surface area contributed by atoms with Crippen molar-refractivity contribution in [2.75, 3.05) is 38.0 Å². The highest BCUT2D eigenvalue weighted by molar-refractivity contribution is 6.31. The summed E-state index contributed by atoms with van der Waals surface area (Å²) < 4.78 is 6.27. The molecule has 41 heavy (non-hydrogen) atoms. The quantitative estimate of drug-likeness (QED) is 0.302. The van der Waals surface area contributed by atoms with Crippen LogP contribution in [0.15, 0.2) is 62.8 Å². The van der Waals surface area contributed by atoms with E-state index in [1.807, 2.05) is 0 Å². The number of anilines is 1. The Bertz CT molecular complexity index is 1750. The Morgan fingerprint density at radius 2 is 1.83 bits per heavy atom. The molecule has 1 aliphatic heterocycles. The van der Waals surface area contributed by atoms with E-state index in [4.69, 9.17) is 16.0 Å². The van der Waals surface area contributed by atoms with Crippen LogP contribution in [0.2, 0.25) is 5.02 Å². The number of carbonyl (C=O) groups excluding carboxylic acids is 3. The van der Waals surface area contributed by atoms with Crippen molar-refractivity contribution in [2.45, 2.75) is 19.9 Å². The number of amides is 2. The molecule has 212 valence electrons. The highest BCUT2D eigenvalue weighted by Crippen LogP contribution is 2.28. The van der Waals surface area contributed by atoms with Crippen LogP contribution in [0.1, 0.15) is 23.7 Å². The Balaban J connectivity index is 1.14. The summed E-state index contributed by atoms with van der Waals surface area (Å²) in [6.45, 7) is 3.89. The number of carbonyl (C=O) groups is 3. The third-order valence-electron chi connectivity index (χ3n) is 6.88. The van der Waals surface area contributed by atoms with Gasteiger partial charge in [0.25, 0.3) is 5.56 Å². The molecule has 0 radical (unpaired) electrons. The Kier molecular flexibility index (Phi) is 8.13. The van der Waals surface area contributed by atoms with Crippen molar-refractivity contribution >= 4 is 46.0 Å². The lowest BCUT2D eigenvalue weighted by Crippen LogP contribution is -2.50. The molecule has 2 aromatic heterocycles. The number of halogens is 1. The SMILES string of the molecule is CC(=O)Nc1cc(Cl)ccc1-c1cc(=O)n(CC(=O)N2CCN(CCC(=O)c3ccc4[nH]c(=O)oc4c3)CC2)cn1. The average molecular weight is 579 g/mol. The van der Waals surface area contributed by atoms with Crippen molar-refractivity contribution < 1.29 is 18.8 Å². The summed E-state index contributed by atoms with van der Waals surface area (Å²) in [5, 5.41) is 3.11. The largest absolute Gasteiger partial charge is 0.417 e. The number of nitrogens with one attached hydrogen (secondary N) is 2. The summed E-state index contributed by atoms with van der Waals surface area (Å²) in [5.41, 5.74) is 2.27. The molecule has 1 aliphatic rings. The van der Waals surface area contributed by atoms with Crippen molar-refractivity contribution in [1.29, 1.82) is 0 Å². The molecule has 0 atom stereocenters. The number of H-pyrrole nitrogens is 1. The zero-order valence-corrected chi connectivity index (χ0v) is 22.9. The van der Waals surface area contributed by atoms with Crippen LogP contribution < -0.4 is 16.6 Å². The molecule has 3 heterocycles. The van der Waals surface area contributed by atoms with E-state index in [-0.39, 0.29) is 24.1 Å². The van der Waals surface area contributed by atoms with Gasteiger partial charge in [0.05, 0.1) is 23.2 Å². The van der Waals surface area contributed by atoms with E-state index in [1.54, 1.807) is 41.3 Å². The number of hydrogen-bond acceptors (Lipinski definition) is 8. The lowest BCUT2D eigenvalue weighted by molar-refractivity contribution is -0.133. The summed E-state index contributed by atoms with van der Waals surface area (Å²) in [7, 11) is 0. The molecule has 2 N–H and O–H groups in total. The first-order valence-electron chi connectivity index (χ1n) is 13.0. The third-order valence-corrected chi connectivity index (χ3v) is 7.11. The Morgan fingerprint density at radius 3 is 2.56 bits per heavy atom. The van der Waals surface area contributed by atoms with Gasteiger partial charge in [-0.3, -0.25) is 33.6 Å². The molecule has 0 aliphatic carbocycles. The van der Waals surface area contributed by atoms with Crippen LogP contribution in [0.4, 0.5) is 5.69 Å². The maximum Gasteiger partial charge on any atom is 0.417 e. The van der Waals surface area contributed by atoms with Crippen molar-refractivity contribution in [3.05, 3.63) is 80.3 Å². The number of aromatic nitrogens is 3. The Hall–Kier alpha value is -4.55. The fraction of sp³-hybridized carbons (Fsp3) is 0.286. The second-order valence-corrected chi connectivity index (χ2v) is 10.2. The standard InChI is InChI=1S/C28H27ClN6O6/c1-17(36)31-23-13-19(29)3-4-20(23)22-14-26(38)35(16-30-22)15-27(39)34-10-8-33(9-11-34)7-6-24(37)18-2-5-21-25(12-18)41-28(40)32-21/h2-5,12-14,16H,6-11,15H2,1H3,(H,31,36)(H,32,40). The van der Waals surface area contributed by atoms with Gasteiger partial charge in [-0.15, -0.1) is 0 Å². The number of nitrogens with zero attached hydrogens (tertiary/aromatic N) is 4. The summed E-state index contributed by atoms with van der Waals surface area (Å²) in [6.07, 6.45) is 1.61. The van der Waals surface area contributed by atoms with Crippen molar-refractivity contribution in [3.8, 4) is 11.3 Å². The number of hydrogen-bond donors (Lipinski definition) is 2. The number of piperazine rings is 1. The Morgan fingerprint density at radius 1 is 1.05 bits per heavy atom. The molecular weight excluding hydrogens is 552 g/mol. The first-order chi connectivity index (χ1) is 19.7. The van der Waals surface area contributed by atoms with Crippen LogP contribution >= 0.6 is 11.6 Å². The maximum atomic E-state index is 12.9. The minimum Gasteiger partial charge on any atom is -0.408 e. The van der Waals surface area contributed by atoms with E-state index in [0.717, 1.165) is 0 Å². The molecule has 2 aromatic carbocycles. The molecule has 5 rings (SSSR count). The van der Waals surface area contributed by atoms with Gasteiger partial charge in [0, 0.05) is 68.3 Å². The average Bonchev–Trinajstić information content (AvgIpc) is 3.32. The summed E-state index contributed by atoms with van der Waals surface area (Å²) >= 11 is 6.05. The Labute approximate surface area is 238 Å². The van der Waals surface area contributed by atoms with Gasteiger partial charge in [-0.2, -0.15) is 0 Å². The molecule has 4 aromatic rings. The lowest BCUT2D eigenvalue weighted by atomic mass is 10.1. The number of fused-ring (bicyclic) bond motifs is 1. The topological polar surface area (TPSA) is 151 Å². The van der Waals surface area contributed by atoms with Crippen LogP contribution in [-0.2, 0) is 16.1 Å². The molecule has 13 heteroatoms. The zero-order chi connectivity index (χ0) is 29.1. The zero-order valence-electron chi connectivity index (χ0n) is 22.2. The number of rotatable bonds is 8. The van der Waals surface area contributed by atoms with Crippen LogP contribution in [0.3, 0.4) is 0 Å². The summed E-state index contributed by atoms with van der Waals surface area (Å²) in [5.74, 6) is -1.12. The molecular formula is C28H27ClN6O6. The van der Waals surface area contributed by atoms with E-state index in [2.05, 4.69) is 20.2 Å². The summed E-state index contributed by atoms with van der Waals surface area (Å²) in [4.78, 5) is 72.0. The van der Waals surface area contributed by atoms with Gasteiger partial charge < -0.3 is 14.6 Å². The van der Waals surface area contributed by atoms with Gasteiger partial charge in [0.1, 0.15) is 6.54 Å². The first-order valence-corrected chi connectivity index (χ1v) is 13.3.